The lowest BCUT2D eigenvalue weighted by atomic mass is 10.1. The predicted molar refractivity (Wildman–Crippen MR) is 69.8 cm³/mol. The first-order valence-corrected chi connectivity index (χ1v) is 6.01. The van der Waals surface area contributed by atoms with E-state index in [0.29, 0.717) is 26.7 Å². The lowest BCUT2D eigenvalue weighted by Crippen LogP contribution is -2.29. The fourth-order valence-corrected chi connectivity index (χ4v) is 2.03. The summed E-state index contributed by atoms with van der Waals surface area (Å²) in [5.74, 6) is -0.587. The van der Waals surface area contributed by atoms with Crippen LogP contribution >= 0.6 is 0 Å². The summed E-state index contributed by atoms with van der Waals surface area (Å²) in [6.07, 6.45) is 4.08. The largest absolute Gasteiger partial charge is 0.710 e. The molecule has 2 aromatic heterocycles. The van der Waals surface area contributed by atoms with Gasteiger partial charge >= 0.3 is 5.97 Å². The van der Waals surface area contributed by atoms with Gasteiger partial charge < -0.3 is 9.94 Å². The smallest absolute Gasteiger partial charge is 0.383 e. The van der Waals surface area contributed by atoms with Crippen LogP contribution in [0.25, 0.3) is 21.9 Å². The van der Waals surface area contributed by atoms with Crippen molar-refractivity contribution >= 4 is 27.9 Å². The number of nitrogens with zero attached hydrogens (tertiary/aromatic N) is 4. The Labute approximate surface area is 113 Å². The van der Waals surface area contributed by atoms with Gasteiger partial charge in [0, 0.05) is 12.4 Å². The van der Waals surface area contributed by atoms with Gasteiger partial charge in [-0.05, 0) is 24.0 Å². The molecule has 0 saturated carbocycles. The Balaban J connectivity index is 2.43. The second-order valence-electron chi connectivity index (χ2n) is 4.02. The number of esters is 1. The molecule has 7 nitrogen and oxygen atoms in total. The van der Waals surface area contributed by atoms with E-state index in [-0.39, 0.29) is 12.3 Å². The van der Waals surface area contributed by atoms with Gasteiger partial charge in [-0.25, -0.2) is 9.52 Å². The van der Waals surface area contributed by atoms with Crippen LogP contribution in [0.2, 0.25) is 0 Å². The van der Waals surface area contributed by atoms with Crippen molar-refractivity contribution in [2.24, 2.45) is 0 Å². The molecule has 20 heavy (non-hydrogen) atoms. The average molecular weight is 270 g/mol. The number of hydrogen-bond acceptors (Lipinski definition) is 6. The molecule has 0 amide bonds. The third kappa shape index (κ3) is 1.80. The Morgan fingerprint density at radius 2 is 2.10 bits per heavy atom. The van der Waals surface area contributed by atoms with Gasteiger partial charge in [0.15, 0.2) is 0 Å². The minimum atomic E-state index is -0.587. The summed E-state index contributed by atoms with van der Waals surface area (Å²) < 4.78 is 5.55. The molecule has 0 N–H and O–H groups in total. The molecule has 0 saturated heterocycles. The number of fused-ring (bicyclic) bond motifs is 3. The van der Waals surface area contributed by atoms with Crippen LogP contribution in [-0.2, 0) is 4.74 Å². The van der Waals surface area contributed by atoms with E-state index in [1.54, 1.807) is 25.3 Å². The van der Waals surface area contributed by atoms with Crippen molar-refractivity contribution in [2.75, 3.05) is 6.61 Å². The van der Waals surface area contributed by atoms with Gasteiger partial charge in [0.2, 0.25) is 0 Å². The molecule has 0 aliphatic rings. The topological polar surface area (TPSA) is 91.9 Å². The van der Waals surface area contributed by atoms with Crippen molar-refractivity contribution in [3.8, 4) is 0 Å². The third-order valence-electron chi connectivity index (χ3n) is 2.85. The third-order valence-corrected chi connectivity index (χ3v) is 2.85. The zero-order valence-electron chi connectivity index (χ0n) is 10.6. The first-order chi connectivity index (χ1) is 9.72. The molecule has 0 fully saturated rings. The second-order valence-corrected chi connectivity index (χ2v) is 4.02. The van der Waals surface area contributed by atoms with Crippen LogP contribution in [0.15, 0.2) is 30.9 Å². The molecule has 0 bridgehead atoms. The second kappa shape index (κ2) is 4.69. The van der Waals surface area contributed by atoms with E-state index in [9.17, 15) is 10.0 Å². The monoisotopic (exact) mass is 270 g/mol. The van der Waals surface area contributed by atoms with E-state index in [2.05, 4.69) is 15.0 Å². The van der Waals surface area contributed by atoms with Gasteiger partial charge in [-0.3, -0.25) is 9.97 Å². The maximum Gasteiger partial charge on any atom is 0.383 e. The molecule has 3 rings (SSSR count). The van der Waals surface area contributed by atoms with Crippen molar-refractivity contribution in [3.63, 3.8) is 0 Å². The summed E-state index contributed by atoms with van der Waals surface area (Å²) in [6.45, 7) is 1.93. The van der Waals surface area contributed by atoms with E-state index < -0.39 is 5.97 Å². The van der Waals surface area contributed by atoms with Crippen LogP contribution in [-0.4, -0.2) is 27.5 Å². The molecule has 0 radical (unpaired) electrons. The molecular formula is C13H10N4O3. The minimum absolute atomic E-state index is 0.0695. The highest BCUT2D eigenvalue weighted by molar-refractivity contribution is 6.11. The average Bonchev–Trinajstić information content (AvgIpc) is 2.47. The SMILES string of the molecule is CCOC(=O)c1nc[n+]([O-])c2ccc3nccnc3c12. The van der Waals surface area contributed by atoms with Crippen molar-refractivity contribution < 1.29 is 14.3 Å². The van der Waals surface area contributed by atoms with Crippen LogP contribution in [0, 0.1) is 5.21 Å². The number of benzene rings is 1. The summed E-state index contributed by atoms with van der Waals surface area (Å²) in [4.78, 5) is 24.2. The molecule has 0 spiro atoms. The van der Waals surface area contributed by atoms with Crippen LogP contribution in [0.3, 0.4) is 0 Å². The zero-order valence-corrected chi connectivity index (χ0v) is 10.6. The van der Waals surface area contributed by atoms with E-state index in [4.69, 9.17) is 4.74 Å². The van der Waals surface area contributed by atoms with E-state index in [0.717, 1.165) is 6.33 Å². The normalized spacial score (nSPS) is 10.8. The van der Waals surface area contributed by atoms with Crippen molar-refractivity contribution in [3.05, 3.63) is 41.8 Å². The van der Waals surface area contributed by atoms with E-state index in [1.807, 2.05) is 0 Å². The first-order valence-electron chi connectivity index (χ1n) is 6.01. The first kappa shape index (κ1) is 12.2. The summed E-state index contributed by atoms with van der Waals surface area (Å²) in [5.41, 5.74) is 1.40. The minimum Gasteiger partial charge on any atom is -0.710 e. The predicted octanol–water partition coefficient (Wildman–Crippen LogP) is 0.988. The standard InChI is InChI=1S/C13H10N4O3/c1-2-20-13(18)12-10-9(17(19)7-16-12)4-3-8-11(10)15-6-5-14-8/h3-7H,2H2,1H3. The van der Waals surface area contributed by atoms with Crippen LogP contribution in [0.1, 0.15) is 17.4 Å². The van der Waals surface area contributed by atoms with Crippen molar-refractivity contribution in [1.29, 1.82) is 0 Å². The van der Waals surface area contributed by atoms with Gasteiger partial charge in [0.05, 0.1) is 12.1 Å². The quantitative estimate of drug-likeness (QED) is 0.298. The highest BCUT2D eigenvalue weighted by Crippen LogP contribution is 2.22. The highest BCUT2D eigenvalue weighted by Gasteiger charge is 2.23. The molecule has 2 heterocycles. The highest BCUT2D eigenvalue weighted by atomic mass is 16.5. The van der Waals surface area contributed by atoms with Crippen LogP contribution < -0.4 is 4.73 Å². The Morgan fingerprint density at radius 1 is 1.30 bits per heavy atom. The summed E-state index contributed by atoms with van der Waals surface area (Å²) in [7, 11) is 0. The van der Waals surface area contributed by atoms with Crippen LogP contribution in [0.4, 0.5) is 0 Å². The van der Waals surface area contributed by atoms with Crippen molar-refractivity contribution in [1.82, 2.24) is 15.0 Å². The van der Waals surface area contributed by atoms with Gasteiger partial charge in [-0.15, -0.1) is 0 Å². The Hall–Kier alpha value is -2.83. The molecule has 7 heteroatoms. The summed E-state index contributed by atoms with van der Waals surface area (Å²) in [6, 6.07) is 3.26. The number of ether oxygens (including phenoxy) is 1. The lowest BCUT2D eigenvalue weighted by Gasteiger charge is -2.08. The maximum absolute atomic E-state index is 12.0. The molecule has 0 atom stereocenters. The van der Waals surface area contributed by atoms with Gasteiger partial charge in [0.25, 0.3) is 12.0 Å². The van der Waals surface area contributed by atoms with Crippen molar-refractivity contribution in [2.45, 2.75) is 6.92 Å². The Morgan fingerprint density at radius 3 is 2.90 bits per heavy atom. The molecule has 100 valence electrons. The Kier molecular flexibility index (Phi) is 2.86. The van der Waals surface area contributed by atoms with Gasteiger partial charge in [-0.2, -0.15) is 0 Å². The fraction of sp³-hybridized carbons (Fsp3) is 0.154. The zero-order chi connectivity index (χ0) is 14.1. The fourth-order valence-electron chi connectivity index (χ4n) is 2.03. The molecule has 3 aromatic rings. The van der Waals surface area contributed by atoms with Gasteiger partial charge in [-0.1, -0.05) is 0 Å². The molecule has 0 aliphatic carbocycles. The lowest BCUT2D eigenvalue weighted by molar-refractivity contribution is -0.580. The van der Waals surface area contributed by atoms with Gasteiger partial charge in [0.1, 0.15) is 16.4 Å². The molecule has 1 aromatic carbocycles. The van der Waals surface area contributed by atoms with E-state index >= 15 is 0 Å². The number of carbonyl (C=O) groups excluding carboxylic acids is 1. The van der Waals surface area contributed by atoms with Crippen LogP contribution in [0.5, 0.6) is 0 Å². The molecule has 0 aliphatic heterocycles. The number of carbonyl (C=O) groups is 1. The molecular weight excluding hydrogens is 260 g/mol. The van der Waals surface area contributed by atoms with E-state index in [1.165, 1.54) is 6.20 Å². The summed E-state index contributed by atoms with van der Waals surface area (Å²) >= 11 is 0. The number of rotatable bonds is 2. The maximum atomic E-state index is 12.0. The number of hydrogen-bond donors (Lipinski definition) is 0. The summed E-state index contributed by atoms with van der Waals surface area (Å²) in [5, 5.41) is 12.2. The molecule has 0 unspecified atom stereocenters. The number of aromatic nitrogens is 4. The Bertz CT molecular complexity index is 819.